The first-order chi connectivity index (χ1) is 8.54. The average Bonchev–Trinajstić information content (AvgIpc) is 2.78. The predicted molar refractivity (Wildman–Crippen MR) is 73.6 cm³/mol. The van der Waals surface area contributed by atoms with Gasteiger partial charge in [-0.15, -0.1) is 11.3 Å². The number of sulfonamides is 1. The van der Waals surface area contributed by atoms with Crippen molar-refractivity contribution in [3.63, 3.8) is 0 Å². The van der Waals surface area contributed by atoms with Crippen LogP contribution >= 0.6 is 22.9 Å². The number of halogens is 1. The Kier molecular flexibility index (Phi) is 4.63. The molecular weight excluding hydrogens is 294 g/mol. The molecule has 0 bridgehead atoms. The zero-order chi connectivity index (χ0) is 13.2. The molecule has 0 radical (unpaired) electrons. The van der Waals surface area contributed by atoms with E-state index in [4.69, 9.17) is 17.3 Å². The van der Waals surface area contributed by atoms with E-state index in [9.17, 15) is 8.42 Å². The molecule has 2 N–H and O–H groups in total. The molecule has 1 saturated heterocycles. The van der Waals surface area contributed by atoms with Crippen molar-refractivity contribution < 1.29 is 8.42 Å². The van der Waals surface area contributed by atoms with Gasteiger partial charge in [0.25, 0.3) is 10.0 Å². The predicted octanol–water partition coefficient (Wildman–Crippen LogP) is 0.667. The topological polar surface area (TPSA) is 66.6 Å². The van der Waals surface area contributed by atoms with Gasteiger partial charge in [0.1, 0.15) is 4.21 Å². The van der Waals surface area contributed by atoms with Crippen LogP contribution in [0, 0.1) is 0 Å². The van der Waals surface area contributed by atoms with Crippen LogP contribution in [0.25, 0.3) is 0 Å². The van der Waals surface area contributed by atoms with Crippen molar-refractivity contribution in [1.29, 1.82) is 0 Å². The van der Waals surface area contributed by atoms with E-state index in [1.165, 1.54) is 4.31 Å². The molecule has 2 heterocycles. The molecule has 0 atom stereocenters. The van der Waals surface area contributed by atoms with Gasteiger partial charge >= 0.3 is 0 Å². The zero-order valence-electron chi connectivity index (χ0n) is 9.88. The first-order valence-electron chi connectivity index (χ1n) is 5.72. The second-order valence-electron chi connectivity index (χ2n) is 4.09. The molecule has 1 aliphatic heterocycles. The Morgan fingerprint density at radius 2 is 1.94 bits per heavy atom. The molecule has 1 aliphatic rings. The largest absolute Gasteiger partial charge is 0.329 e. The molecule has 2 rings (SSSR count). The molecule has 0 saturated carbocycles. The van der Waals surface area contributed by atoms with Gasteiger partial charge in [-0.25, -0.2) is 8.42 Å². The third kappa shape index (κ3) is 3.04. The molecule has 1 aromatic heterocycles. The Morgan fingerprint density at radius 1 is 1.28 bits per heavy atom. The zero-order valence-corrected chi connectivity index (χ0v) is 12.3. The number of thiophene rings is 1. The fourth-order valence-corrected chi connectivity index (χ4v) is 5.00. The molecule has 102 valence electrons. The van der Waals surface area contributed by atoms with Crippen molar-refractivity contribution in [2.24, 2.45) is 5.73 Å². The van der Waals surface area contributed by atoms with Crippen molar-refractivity contribution in [2.75, 3.05) is 39.3 Å². The van der Waals surface area contributed by atoms with Gasteiger partial charge in [-0.3, -0.25) is 4.90 Å². The van der Waals surface area contributed by atoms with E-state index in [1.807, 2.05) is 0 Å². The highest BCUT2D eigenvalue weighted by molar-refractivity contribution is 7.91. The average molecular weight is 310 g/mol. The maximum absolute atomic E-state index is 12.3. The molecule has 1 aromatic rings. The van der Waals surface area contributed by atoms with Gasteiger partial charge in [0, 0.05) is 39.3 Å². The number of hydrogen-bond acceptors (Lipinski definition) is 5. The summed E-state index contributed by atoms with van der Waals surface area (Å²) in [6.45, 7) is 3.91. The van der Waals surface area contributed by atoms with Gasteiger partial charge in [-0.1, -0.05) is 11.6 Å². The Hall–Kier alpha value is -0.180. The lowest BCUT2D eigenvalue weighted by atomic mass is 10.3. The monoisotopic (exact) mass is 309 g/mol. The van der Waals surface area contributed by atoms with Crippen LogP contribution in [0.4, 0.5) is 0 Å². The first kappa shape index (κ1) is 14.2. The summed E-state index contributed by atoms with van der Waals surface area (Å²) >= 11 is 6.88. The fraction of sp³-hybridized carbons (Fsp3) is 0.600. The van der Waals surface area contributed by atoms with Gasteiger partial charge in [-0.05, 0) is 12.1 Å². The van der Waals surface area contributed by atoms with Crippen LogP contribution in [0.5, 0.6) is 0 Å². The molecule has 0 aromatic carbocycles. The highest BCUT2D eigenvalue weighted by Crippen LogP contribution is 2.28. The van der Waals surface area contributed by atoms with Gasteiger partial charge in [0.05, 0.1) is 4.34 Å². The van der Waals surface area contributed by atoms with E-state index in [0.717, 1.165) is 31.0 Å². The number of hydrogen-bond donors (Lipinski definition) is 1. The van der Waals surface area contributed by atoms with E-state index in [2.05, 4.69) is 4.90 Å². The Labute approximate surface area is 116 Å². The van der Waals surface area contributed by atoms with Crippen LogP contribution < -0.4 is 5.73 Å². The second-order valence-corrected chi connectivity index (χ2v) is 7.97. The molecule has 0 amide bonds. The minimum absolute atomic E-state index is 0.319. The molecular formula is C10H16ClN3O2S2. The molecule has 1 fully saturated rings. The number of nitrogens with zero attached hydrogens (tertiary/aromatic N) is 2. The maximum atomic E-state index is 12.3. The Bertz CT molecular complexity index is 495. The number of nitrogens with two attached hydrogens (primary N) is 1. The van der Waals surface area contributed by atoms with Gasteiger partial charge in [0.2, 0.25) is 0 Å². The Morgan fingerprint density at radius 3 is 2.44 bits per heavy atom. The third-order valence-corrected chi connectivity index (χ3v) is 6.52. The Balaban J connectivity index is 2.05. The van der Waals surface area contributed by atoms with Crippen LogP contribution in [0.1, 0.15) is 0 Å². The van der Waals surface area contributed by atoms with Crippen molar-refractivity contribution in [1.82, 2.24) is 9.21 Å². The summed E-state index contributed by atoms with van der Waals surface area (Å²) < 4.78 is 26.9. The summed E-state index contributed by atoms with van der Waals surface area (Å²) in [5.74, 6) is 0. The highest BCUT2D eigenvalue weighted by Gasteiger charge is 2.29. The van der Waals surface area contributed by atoms with Crippen LogP contribution in [-0.4, -0.2) is 56.9 Å². The van der Waals surface area contributed by atoms with E-state index in [0.29, 0.717) is 28.2 Å². The number of piperazine rings is 1. The molecule has 5 nitrogen and oxygen atoms in total. The van der Waals surface area contributed by atoms with Crippen molar-refractivity contribution in [2.45, 2.75) is 4.21 Å². The lowest BCUT2D eigenvalue weighted by molar-refractivity contribution is 0.193. The van der Waals surface area contributed by atoms with Crippen molar-refractivity contribution >= 4 is 33.0 Å². The van der Waals surface area contributed by atoms with E-state index in [-0.39, 0.29) is 0 Å². The van der Waals surface area contributed by atoms with Gasteiger partial charge < -0.3 is 5.73 Å². The lowest BCUT2D eigenvalue weighted by Crippen LogP contribution is -2.49. The summed E-state index contributed by atoms with van der Waals surface area (Å²) in [6.07, 6.45) is 0. The molecule has 0 aliphatic carbocycles. The highest BCUT2D eigenvalue weighted by atomic mass is 35.5. The minimum atomic E-state index is -3.37. The standard InChI is InChI=1S/C10H16ClN3O2S2/c11-9-1-2-10(17-9)18(15,16)14-7-5-13(4-3-12)6-8-14/h1-2H,3-8,12H2. The summed E-state index contributed by atoms with van der Waals surface area (Å²) in [7, 11) is -3.37. The van der Waals surface area contributed by atoms with E-state index < -0.39 is 10.0 Å². The van der Waals surface area contributed by atoms with Crippen LogP contribution in [0.2, 0.25) is 4.34 Å². The fourth-order valence-electron chi connectivity index (χ4n) is 1.94. The molecule has 0 spiro atoms. The number of rotatable bonds is 4. The quantitative estimate of drug-likeness (QED) is 0.887. The van der Waals surface area contributed by atoms with Crippen LogP contribution in [0.15, 0.2) is 16.3 Å². The van der Waals surface area contributed by atoms with Crippen LogP contribution in [0.3, 0.4) is 0 Å². The minimum Gasteiger partial charge on any atom is -0.329 e. The normalized spacial score (nSPS) is 19.2. The van der Waals surface area contributed by atoms with Crippen molar-refractivity contribution in [3.05, 3.63) is 16.5 Å². The third-order valence-electron chi connectivity index (χ3n) is 2.92. The molecule has 0 unspecified atom stereocenters. The van der Waals surface area contributed by atoms with Gasteiger partial charge in [0.15, 0.2) is 0 Å². The summed E-state index contributed by atoms with van der Waals surface area (Å²) in [5, 5.41) is 0. The summed E-state index contributed by atoms with van der Waals surface area (Å²) in [6, 6.07) is 3.18. The van der Waals surface area contributed by atoms with Gasteiger partial charge in [-0.2, -0.15) is 4.31 Å². The second kappa shape index (κ2) is 5.85. The molecule has 8 heteroatoms. The summed E-state index contributed by atoms with van der Waals surface area (Å²) in [5.41, 5.74) is 5.49. The first-order valence-corrected chi connectivity index (χ1v) is 8.35. The van der Waals surface area contributed by atoms with E-state index >= 15 is 0 Å². The summed E-state index contributed by atoms with van der Waals surface area (Å²) in [4.78, 5) is 2.17. The maximum Gasteiger partial charge on any atom is 0.252 e. The van der Waals surface area contributed by atoms with E-state index in [1.54, 1.807) is 12.1 Å². The molecule has 18 heavy (non-hydrogen) atoms. The lowest BCUT2D eigenvalue weighted by Gasteiger charge is -2.33. The van der Waals surface area contributed by atoms with Crippen molar-refractivity contribution in [3.8, 4) is 0 Å². The van der Waals surface area contributed by atoms with Crippen LogP contribution in [-0.2, 0) is 10.0 Å². The SMILES string of the molecule is NCCN1CCN(S(=O)(=O)c2ccc(Cl)s2)CC1. The smallest absolute Gasteiger partial charge is 0.252 e.